The molecule has 0 radical (unpaired) electrons. The zero-order chi connectivity index (χ0) is 16.4. The van der Waals surface area contributed by atoms with Crippen molar-refractivity contribution in [1.29, 1.82) is 10.5 Å². The summed E-state index contributed by atoms with van der Waals surface area (Å²) in [4.78, 5) is 0. The highest BCUT2D eigenvalue weighted by Gasteiger charge is 2.85. The monoisotopic (exact) mass is 326 g/mol. The summed E-state index contributed by atoms with van der Waals surface area (Å²) in [6, 6.07) is 11.8. The molecule has 1 saturated carbocycles. The number of rotatable bonds is 0. The molecule has 0 amide bonds. The van der Waals surface area contributed by atoms with Crippen molar-refractivity contribution in [2.24, 2.45) is 11.8 Å². The molecule has 5 rings (SSSR count). The Morgan fingerprint density at radius 3 is 1.96 bits per heavy atom. The quantitative estimate of drug-likeness (QED) is 0.705. The fourth-order valence-corrected chi connectivity index (χ4v) is 4.24. The standard InChI is InChI=1S/C17H14N2O5/c18-9-13-14(10-19)15(13)16(20-5-6-21-16)11-3-1-2-4-12(11)17(24-15)22-7-8-23-17/h1-4,13-14H,5-8H2/t13-,14-/m0/s1. The van der Waals surface area contributed by atoms with Crippen LogP contribution in [0, 0.1) is 34.5 Å². The van der Waals surface area contributed by atoms with Gasteiger partial charge in [-0.25, -0.2) is 0 Å². The van der Waals surface area contributed by atoms with Crippen LogP contribution >= 0.6 is 0 Å². The zero-order valence-corrected chi connectivity index (χ0v) is 12.7. The summed E-state index contributed by atoms with van der Waals surface area (Å²) in [6.07, 6.45) is 0. The molecule has 3 aliphatic heterocycles. The second-order valence-electron chi connectivity index (χ2n) is 6.22. The number of hydrogen-bond donors (Lipinski definition) is 0. The highest BCUT2D eigenvalue weighted by Crippen LogP contribution is 2.70. The lowest BCUT2D eigenvalue weighted by Gasteiger charge is -2.47. The van der Waals surface area contributed by atoms with E-state index >= 15 is 0 Å². The molecule has 1 aromatic carbocycles. The van der Waals surface area contributed by atoms with Crippen LogP contribution in [0.1, 0.15) is 11.1 Å². The third-order valence-electron chi connectivity index (χ3n) is 5.22. The molecule has 3 heterocycles. The molecule has 2 atom stereocenters. The molecular weight excluding hydrogens is 312 g/mol. The van der Waals surface area contributed by atoms with Gasteiger partial charge in [-0.2, -0.15) is 10.5 Å². The Morgan fingerprint density at radius 1 is 0.833 bits per heavy atom. The SMILES string of the molecule is N#C[C@H]1[C@H](C#N)C12OC1(OCCO1)c1ccccc1C21OCCO1. The van der Waals surface area contributed by atoms with E-state index in [2.05, 4.69) is 12.1 Å². The molecular formula is C17H14N2O5. The Balaban J connectivity index is 1.79. The molecule has 122 valence electrons. The predicted molar refractivity (Wildman–Crippen MR) is 75.6 cm³/mol. The van der Waals surface area contributed by atoms with Gasteiger partial charge in [-0.3, -0.25) is 0 Å². The summed E-state index contributed by atoms with van der Waals surface area (Å²) in [5.74, 6) is -4.07. The van der Waals surface area contributed by atoms with E-state index in [1.165, 1.54) is 0 Å². The lowest BCUT2D eigenvalue weighted by molar-refractivity contribution is -0.423. The first-order valence-electron chi connectivity index (χ1n) is 7.89. The minimum atomic E-state index is -1.42. The van der Waals surface area contributed by atoms with Crippen LogP contribution in [0.3, 0.4) is 0 Å². The number of ether oxygens (including phenoxy) is 5. The van der Waals surface area contributed by atoms with Crippen molar-refractivity contribution in [1.82, 2.24) is 0 Å². The maximum absolute atomic E-state index is 9.57. The number of nitriles is 2. The second-order valence-corrected chi connectivity index (χ2v) is 6.22. The molecule has 1 aromatic rings. The van der Waals surface area contributed by atoms with Gasteiger partial charge in [-0.05, 0) is 0 Å². The molecule has 0 bridgehead atoms. The van der Waals surface area contributed by atoms with Gasteiger partial charge in [0.1, 0.15) is 11.8 Å². The number of fused-ring (bicyclic) bond motifs is 4. The van der Waals surface area contributed by atoms with Crippen molar-refractivity contribution in [2.75, 3.05) is 26.4 Å². The van der Waals surface area contributed by atoms with E-state index in [0.717, 1.165) is 0 Å². The van der Waals surface area contributed by atoms with Gasteiger partial charge in [0.25, 0.3) is 0 Å². The van der Waals surface area contributed by atoms with E-state index in [9.17, 15) is 10.5 Å². The van der Waals surface area contributed by atoms with Crippen LogP contribution in [-0.4, -0.2) is 32.0 Å². The van der Waals surface area contributed by atoms with Crippen LogP contribution in [0.2, 0.25) is 0 Å². The molecule has 1 aliphatic carbocycles. The maximum atomic E-state index is 9.57. The van der Waals surface area contributed by atoms with E-state index in [0.29, 0.717) is 37.6 Å². The minimum Gasteiger partial charge on any atom is -0.341 e. The summed E-state index contributed by atoms with van der Waals surface area (Å²) in [6.45, 7) is 1.47. The lowest BCUT2D eigenvalue weighted by Crippen LogP contribution is -2.57. The van der Waals surface area contributed by atoms with Crippen molar-refractivity contribution in [3.63, 3.8) is 0 Å². The van der Waals surface area contributed by atoms with Gasteiger partial charge in [0.2, 0.25) is 5.79 Å². The molecule has 24 heavy (non-hydrogen) atoms. The topological polar surface area (TPSA) is 93.7 Å². The Morgan fingerprint density at radius 2 is 1.38 bits per heavy atom. The van der Waals surface area contributed by atoms with Gasteiger partial charge in [-0.1, -0.05) is 24.3 Å². The van der Waals surface area contributed by atoms with Crippen LogP contribution in [0.25, 0.3) is 0 Å². The molecule has 7 nitrogen and oxygen atoms in total. The Bertz CT molecular complexity index is 763. The van der Waals surface area contributed by atoms with Crippen LogP contribution in [-0.2, 0) is 35.4 Å². The van der Waals surface area contributed by atoms with E-state index in [1.807, 2.05) is 24.3 Å². The molecule has 4 aliphatic rings. The molecule has 0 N–H and O–H groups in total. The Kier molecular flexibility index (Phi) is 2.72. The molecule has 0 aromatic heterocycles. The molecule has 3 spiro atoms. The average molecular weight is 326 g/mol. The third kappa shape index (κ3) is 1.39. The van der Waals surface area contributed by atoms with E-state index in [4.69, 9.17) is 23.7 Å². The molecule has 2 saturated heterocycles. The van der Waals surface area contributed by atoms with Crippen LogP contribution in [0.5, 0.6) is 0 Å². The first kappa shape index (κ1) is 14.4. The first-order valence-corrected chi connectivity index (χ1v) is 7.89. The van der Waals surface area contributed by atoms with E-state index < -0.39 is 29.2 Å². The fraction of sp³-hybridized carbons (Fsp3) is 0.529. The van der Waals surface area contributed by atoms with Crippen molar-refractivity contribution in [3.05, 3.63) is 35.4 Å². The van der Waals surface area contributed by atoms with E-state index in [1.54, 1.807) is 0 Å². The summed E-state index contributed by atoms with van der Waals surface area (Å²) in [5.41, 5.74) is 0.107. The summed E-state index contributed by atoms with van der Waals surface area (Å²) >= 11 is 0. The highest BCUT2D eigenvalue weighted by molar-refractivity contribution is 5.47. The third-order valence-corrected chi connectivity index (χ3v) is 5.22. The highest BCUT2D eigenvalue weighted by atomic mass is 16.9. The summed E-state index contributed by atoms with van der Waals surface area (Å²) in [7, 11) is 0. The van der Waals surface area contributed by atoms with Crippen molar-refractivity contribution in [2.45, 2.75) is 17.4 Å². The van der Waals surface area contributed by atoms with Gasteiger partial charge in [0, 0.05) is 11.1 Å². The van der Waals surface area contributed by atoms with Crippen LogP contribution in [0.15, 0.2) is 24.3 Å². The van der Waals surface area contributed by atoms with E-state index in [-0.39, 0.29) is 0 Å². The van der Waals surface area contributed by atoms with Gasteiger partial charge < -0.3 is 23.7 Å². The predicted octanol–water partition coefficient (Wildman–Crippen LogP) is 1.11. The van der Waals surface area contributed by atoms with Gasteiger partial charge >= 0.3 is 5.97 Å². The molecule has 3 fully saturated rings. The van der Waals surface area contributed by atoms with Gasteiger partial charge in [0.05, 0.1) is 38.6 Å². The Labute approximate surface area is 138 Å². The smallest absolute Gasteiger partial charge is 0.313 e. The zero-order valence-electron chi connectivity index (χ0n) is 12.7. The first-order chi connectivity index (χ1) is 11.7. The normalized spacial score (nSPS) is 37.2. The largest absolute Gasteiger partial charge is 0.341 e. The Hall–Kier alpha value is -2.00. The number of benzene rings is 1. The maximum Gasteiger partial charge on any atom is 0.313 e. The molecule has 0 unspecified atom stereocenters. The second kappa shape index (κ2) is 4.54. The number of hydrogen-bond acceptors (Lipinski definition) is 7. The molecule has 7 heteroatoms. The van der Waals surface area contributed by atoms with Gasteiger partial charge in [-0.15, -0.1) is 0 Å². The minimum absolute atomic E-state index is 0.366. The van der Waals surface area contributed by atoms with Crippen molar-refractivity contribution in [3.8, 4) is 12.1 Å². The van der Waals surface area contributed by atoms with Crippen molar-refractivity contribution < 1.29 is 23.7 Å². The van der Waals surface area contributed by atoms with Gasteiger partial charge in [0.15, 0.2) is 5.60 Å². The average Bonchev–Trinajstić information content (AvgIpc) is 3.01. The fourth-order valence-electron chi connectivity index (χ4n) is 4.24. The van der Waals surface area contributed by atoms with Crippen LogP contribution < -0.4 is 0 Å². The van der Waals surface area contributed by atoms with Crippen LogP contribution in [0.4, 0.5) is 0 Å². The lowest BCUT2D eigenvalue weighted by atomic mass is 9.87. The summed E-state index contributed by atoms with van der Waals surface area (Å²) in [5, 5.41) is 19.1. The van der Waals surface area contributed by atoms with Crippen molar-refractivity contribution >= 4 is 0 Å². The summed E-state index contributed by atoms with van der Waals surface area (Å²) < 4.78 is 29.8. The number of nitrogens with zero attached hydrogens (tertiary/aromatic N) is 2.